The van der Waals surface area contributed by atoms with Crippen LogP contribution in [0.2, 0.25) is 5.02 Å². The third-order valence-electron chi connectivity index (χ3n) is 1.85. The zero-order chi connectivity index (χ0) is 10.2. The van der Waals surface area contributed by atoms with Gasteiger partial charge in [0.15, 0.2) is 0 Å². The Balaban J connectivity index is 3.78. The molecular formula is C7H8BrClN2O2. The first-order chi connectivity index (χ1) is 6.00. The Kier molecular flexibility index (Phi) is 2.98. The van der Waals surface area contributed by atoms with Gasteiger partial charge in [-0.1, -0.05) is 27.5 Å². The standard InChI is InChI=1S/C7H8BrClN2O2/c1-10-4(3-8)5(9)6(12)11(2)7(10)13/h3H2,1-2H3. The molecule has 4 nitrogen and oxygen atoms in total. The largest absolute Gasteiger partial charge is 0.330 e. The van der Waals surface area contributed by atoms with Crippen LogP contribution in [-0.2, 0) is 19.4 Å². The fourth-order valence-corrected chi connectivity index (χ4v) is 2.13. The van der Waals surface area contributed by atoms with E-state index in [-0.39, 0.29) is 10.7 Å². The lowest BCUT2D eigenvalue weighted by atomic mass is 10.4. The van der Waals surface area contributed by atoms with Crippen LogP contribution in [0, 0.1) is 0 Å². The number of hydrogen-bond donors (Lipinski definition) is 0. The van der Waals surface area contributed by atoms with Crippen LogP contribution in [-0.4, -0.2) is 9.13 Å². The van der Waals surface area contributed by atoms with Crippen molar-refractivity contribution in [2.24, 2.45) is 14.1 Å². The molecule has 0 amide bonds. The summed E-state index contributed by atoms with van der Waals surface area (Å²) >= 11 is 8.91. The summed E-state index contributed by atoms with van der Waals surface area (Å²) in [5, 5.41) is 0.467. The van der Waals surface area contributed by atoms with E-state index in [9.17, 15) is 9.59 Å². The molecule has 0 aliphatic carbocycles. The zero-order valence-electron chi connectivity index (χ0n) is 7.17. The molecular weight excluding hydrogens is 259 g/mol. The van der Waals surface area contributed by atoms with Crippen molar-refractivity contribution in [3.05, 3.63) is 31.6 Å². The van der Waals surface area contributed by atoms with E-state index in [1.54, 1.807) is 7.05 Å². The van der Waals surface area contributed by atoms with Gasteiger partial charge in [-0.3, -0.25) is 13.9 Å². The molecule has 0 saturated heterocycles. The number of aromatic nitrogens is 2. The lowest BCUT2D eigenvalue weighted by Crippen LogP contribution is -2.38. The lowest BCUT2D eigenvalue weighted by molar-refractivity contribution is 0.666. The summed E-state index contributed by atoms with van der Waals surface area (Å²) in [4.78, 5) is 22.7. The molecule has 0 saturated carbocycles. The molecule has 1 aromatic rings. The molecule has 0 N–H and O–H groups in total. The molecule has 6 heteroatoms. The van der Waals surface area contributed by atoms with Crippen molar-refractivity contribution in [1.29, 1.82) is 0 Å². The molecule has 13 heavy (non-hydrogen) atoms. The first-order valence-corrected chi connectivity index (χ1v) is 5.01. The minimum absolute atomic E-state index is 0.0847. The number of alkyl halides is 1. The van der Waals surface area contributed by atoms with Gasteiger partial charge in [-0.25, -0.2) is 4.79 Å². The number of hydrogen-bond acceptors (Lipinski definition) is 2. The molecule has 0 aliphatic rings. The van der Waals surface area contributed by atoms with Crippen LogP contribution in [0.3, 0.4) is 0 Å². The van der Waals surface area contributed by atoms with Crippen LogP contribution >= 0.6 is 27.5 Å². The average molecular weight is 268 g/mol. The zero-order valence-corrected chi connectivity index (χ0v) is 9.52. The maximum atomic E-state index is 11.4. The minimum atomic E-state index is -0.459. The van der Waals surface area contributed by atoms with E-state index in [2.05, 4.69) is 15.9 Å². The highest BCUT2D eigenvalue weighted by Crippen LogP contribution is 2.10. The first-order valence-electron chi connectivity index (χ1n) is 3.51. The van der Waals surface area contributed by atoms with Gasteiger partial charge in [-0.2, -0.15) is 0 Å². The third-order valence-corrected chi connectivity index (χ3v) is 2.76. The molecule has 0 fully saturated rings. The Morgan fingerprint density at radius 1 is 1.31 bits per heavy atom. The van der Waals surface area contributed by atoms with Gasteiger partial charge in [-0.15, -0.1) is 0 Å². The number of nitrogens with zero attached hydrogens (tertiary/aromatic N) is 2. The van der Waals surface area contributed by atoms with Crippen molar-refractivity contribution in [2.45, 2.75) is 5.33 Å². The summed E-state index contributed by atoms with van der Waals surface area (Å²) in [6, 6.07) is 0. The predicted octanol–water partition coefficient (Wildman–Crippen LogP) is 0.632. The number of rotatable bonds is 1. The maximum absolute atomic E-state index is 11.4. The summed E-state index contributed by atoms with van der Waals surface area (Å²) in [6.45, 7) is 0. The predicted molar refractivity (Wildman–Crippen MR) is 54.6 cm³/mol. The summed E-state index contributed by atoms with van der Waals surface area (Å²) < 4.78 is 2.33. The monoisotopic (exact) mass is 266 g/mol. The van der Waals surface area contributed by atoms with E-state index >= 15 is 0 Å². The SMILES string of the molecule is Cn1c(CBr)c(Cl)c(=O)n(C)c1=O. The highest BCUT2D eigenvalue weighted by Gasteiger charge is 2.11. The Bertz CT molecular complexity index is 412. The summed E-state index contributed by atoms with van der Waals surface area (Å²) in [6.07, 6.45) is 0. The van der Waals surface area contributed by atoms with Crippen LogP contribution in [0.4, 0.5) is 0 Å². The lowest BCUT2D eigenvalue weighted by Gasteiger charge is -2.08. The molecule has 1 rings (SSSR count). The van der Waals surface area contributed by atoms with Crippen molar-refractivity contribution in [3.8, 4) is 0 Å². The van der Waals surface area contributed by atoms with Crippen molar-refractivity contribution >= 4 is 27.5 Å². The Hall–Kier alpha value is -0.550. The van der Waals surface area contributed by atoms with Crippen molar-refractivity contribution in [3.63, 3.8) is 0 Å². The molecule has 1 heterocycles. The Morgan fingerprint density at radius 2 is 1.85 bits per heavy atom. The quantitative estimate of drug-likeness (QED) is 0.701. The highest BCUT2D eigenvalue weighted by molar-refractivity contribution is 9.08. The second-order valence-corrected chi connectivity index (χ2v) is 3.54. The van der Waals surface area contributed by atoms with Gasteiger partial charge in [0.1, 0.15) is 5.02 Å². The smallest absolute Gasteiger partial charge is 0.298 e. The second kappa shape index (κ2) is 3.67. The molecule has 1 aromatic heterocycles. The minimum Gasteiger partial charge on any atom is -0.298 e. The summed E-state index contributed by atoms with van der Waals surface area (Å²) in [5.41, 5.74) is -0.335. The van der Waals surface area contributed by atoms with Gasteiger partial charge in [-0.05, 0) is 0 Å². The van der Waals surface area contributed by atoms with Crippen LogP contribution in [0.1, 0.15) is 5.69 Å². The molecule has 0 radical (unpaired) electrons. The van der Waals surface area contributed by atoms with Gasteiger partial charge >= 0.3 is 5.69 Å². The summed E-state index contributed by atoms with van der Waals surface area (Å²) in [7, 11) is 2.97. The molecule has 72 valence electrons. The fraction of sp³-hybridized carbons (Fsp3) is 0.429. The van der Waals surface area contributed by atoms with Crippen molar-refractivity contribution in [1.82, 2.24) is 9.13 Å². The van der Waals surface area contributed by atoms with Gasteiger partial charge in [0, 0.05) is 19.4 Å². The first kappa shape index (κ1) is 10.5. The maximum Gasteiger partial charge on any atom is 0.330 e. The number of halogens is 2. The topological polar surface area (TPSA) is 44.0 Å². The average Bonchev–Trinajstić information content (AvgIpc) is 2.13. The molecule has 0 spiro atoms. The van der Waals surface area contributed by atoms with E-state index in [4.69, 9.17) is 11.6 Å². The molecule has 0 aromatic carbocycles. The van der Waals surface area contributed by atoms with Crippen LogP contribution in [0.25, 0.3) is 0 Å². The van der Waals surface area contributed by atoms with Crippen molar-refractivity contribution in [2.75, 3.05) is 0 Å². The van der Waals surface area contributed by atoms with Gasteiger partial charge in [0.05, 0.1) is 5.69 Å². The second-order valence-electron chi connectivity index (χ2n) is 2.60. The summed E-state index contributed by atoms with van der Waals surface area (Å²) in [5.74, 6) is 0. The van der Waals surface area contributed by atoms with E-state index in [1.165, 1.54) is 11.6 Å². The van der Waals surface area contributed by atoms with Gasteiger partial charge < -0.3 is 0 Å². The third kappa shape index (κ3) is 1.58. The fourth-order valence-electron chi connectivity index (χ4n) is 0.994. The van der Waals surface area contributed by atoms with Crippen LogP contribution < -0.4 is 11.2 Å². The molecule has 0 atom stereocenters. The van der Waals surface area contributed by atoms with Crippen LogP contribution in [0.5, 0.6) is 0 Å². The normalized spacial score (nSPS) is 10.5. The van der Waals surface area contributed by atoms with Crippen molar-refractivity contribution < 1.29 is 0 Å². The Morgan fingerprint density at radius 3 is 2.31 bits per heavy atom. The van der Waals surface area contributed by atoms with Crippen LogP contribution in [0.15, 0.2) is 9.59 Å². The molecule has 0 unspecified atom stereocenters. The Labute approximate surface area is 87.9 Å². The van der Waals surface area contributed by atoms with E-state index < -0.39 is 5.56 Å². The van der Waals surface area contributed by atoms with E-state index in [0.29, 0.717) is 11.0 Å². The van der Waals surface area contributed by atoms with Gasteiger partial charge in [0.25, 0.3) is 5.56 Å². The highest BCUT2D eigenvalue weighted by atomic mass is 79.9. The molecule has 0 bridgehead atoms. The van der Waals surface area contributed by atoms with Gasteiger partial charge in [0.2, 0.25) is 0 Å². The molecule has 0 aliphatic heterocycles. The van der Waals surface area contributed by atoms with E-state index in [1.807, 2.05) is 0 Å². The van der Waals surface area contributed by atoms with E-state index in [0.717, 1.165) is 4.57 Å².